The molecule has 5 N–H and O–H groups in total. The van der Waals surface area contributed by atoms with Gasteiger partial charge in [-0.15, -0.1) is 0 Å². The number of aliphatic carboxylic acids is 1. The Bertz CT molecular complexity index is 123. The smallest absolute Gasteiger partial charge is 0.322 e. The first kappa shape index (κ1) is 7.90. The van der Waals surface area contributed by atoms with Gasteiger partial charge in [-0.2, -0.15) is 0 Å². The van der Waals surface area contributed by atoms with Crippen molar-refractivity contribution in [2.45, 2.75) is 0 Å². The molecule has 0 aromatic heterocycles. The average molecular weight is 133 g/mol. The lowest BCUT2D eigenvalue weighted by Crippen LogP contribution is -2.57. The Balaban J connectivity index is 3.28. The van der Waals surface area contributed by atoms with Crippen LogP contribution in [-0.4, -0.2) is 30.1 Å². The Morgan fingerprint density at radius 3 is 2.44 bits per heavy atom. The average Bonchev–Trinajstić information content (AvgIpc) is 1.83. The van der Waals surface area contributed by atoms with E-state index in [0.717, 1.165) is 0 Å². The van der Waals surface area contributed by atoms with Gasteiger partial charge in [-0.05, 0) is 0 Å². The normalized spacial score (nSPS) is 8.56. The Hall–Kier alpha value is -1.10. The summed E-state index contributed by atoms with van der Waals surface area (Å²) in [7, 11) is 0. The molecular weight excluding hydrogens is 124 g/mol. The molecule has 9 heavy (non-hydrogen) atoms. The van der Waals surface area contributed by atoms with E-state index in [2.05, 4.69) is 11.1 Å². The molecule has 0 unspecified atom stereocenters. The molecule has 0 atom stereocenters. The minimum atomic E-state index is -1.04. The molecule has 0 fully saturated rings. The highest BCUT2D eigenvalue weighted by molar-refractivity contribution is 5.81. The number of rotatable bonds is 3. The van der Waals surface area contributed by atoms with E-state index >= 15 is 0 Å². The van der Waals surface area contributed by atoms with Crippen molar-refractivity contribution in [3.63, 3.8) is 0 Å². The number of quaternary nitrogens is 1. The van der Waals surface area contributed by atoms with Gasteiger partial charge in [0, 0.05) is 0 Å². The van der Waals surface area contributed by atoms with Gasteiger partial charge in [0.25, 0.3) is 5.91 Å². The first-order valence-corrected chi connectivity index (χ1v) is 2.44. The minimum Gasteiger partial charge on any atom is -0.480 e. The molecule has 0 aliphatic carbocycles. The Kier molecular flexibility index (Phi) is 3.38. The molecule has 0 radical (unpaired) electrons. The molecule has 0 rings (SSSR count). The minimum absolute atomic E-state index is 0.0767. The molecule has 0 aliphatic rings. The highest BCUT2D eigenvalue weighted by atomic mass is 16.4. The predicted molar refractivity (Wildman–Crippen MR) is 28.4 cm³/mol. The topological polar surface area (TPSA) is 94.0 Å². The van der Waals surface area contributed by atoms with Crippen LogP contribution in [0.1, 0.15) is 0 Å². The highest BCUT2D eigenvalue weighted by Gasteiger charge is 2.00. The van der Waals surface area contributed by atoms with Gasteiger partial charge >= 0.3 is 5.97 Å². The second-order valence-corrected chi connectivity index (χ2v) is 1.42. The maximum atomic E-state index is 10.3. The van der Waals surface area contributed by atoms with Gasteiger partial charge in [-0.25, -0.2) is 0 Å². The van der Waals surface area contributed by atoms with Gasteiger partial charge in [0.2, 0.25) is 0 Å². The highest BCUT2D eigenvalue weighted by Crippen LogP contribution is 1.59. The quantitative estimate of drug-likeness (QED) is 0.395. The molecule has 52 valence electrons. The maximum Gasteiger partial charge on any atom is 0.322 e. The second-order valence-electron chi connectivity index (χ2n) is 1.42. The summed E-state index contributed by atoms with van der Waals surface area (Å²) in [5.41, 5.74) is 3.26. The summed E-state index contributed by atoms with van der Waals surface area (Å²) in [6, 6.07) is 0. The van der Waals surface area contributed by atoms with Crippen LogP contribution < -0.4 is 11.1 Å². The van der Waals surface area contributed by atoms with E-state index in [1.807, 2.05) is 0 Å². The van der Waals surface area contributed by atoms with E-state index < -0.39 is 5.97 Å². The number of carboxylic acids is 1. The van der Waals surface area contributed by atoms with Gasteiger partial charge in [0.1, 0.15) is 6.54 Å². The molecular formula is C4H9N2O3+. The van der Waals surface area contributed by atoms with Gasteiger partial charge in [-0.3, -0.25) is 9.59 Å². The number of carbonyl (C=O) groups is 2. The predicted octanol–water partition coefficient (Wildman–Crippen LogP) is -2.57. The first-order valence-electron chi connectivity index (χ1n) is 2.44. The molecule has 0 heterocycles. The zero-order chi connectivity index (χ0) is 7.28. The number of nitrogens with one attached hydrogen (secondary N) is 1. The van der Waals surface area contributed by atoms with Crippen LogP contribution in [0, 0.1) is 0 Å². The van der Waals surface area contributed by atoms with E-state index in [1.54, 1.807) is 0 Å². The Labute approximate surface area is 51.8 Å². The molecule has 1 amide bonds. The largest absolute Gasteiger partial charge is 0.480 e. The number of hydrogen-bond donors (Lipinski definition) is 3. The van der Waals surface area contributed by atoms with Gasteiger partial charge in [0.15, 0.2) is 6.54 Å². The van der Waals surface area contributed by atoms with E-state index in [9.17, 15) is 9.59 Å². The summed E-state index contributed by atoms with van der Waals surface area (Å²) in [6.45, 7) is -0.248. The van der Waals surface area contributed by atoms with Crippen molar-refractivity contribution >= 4 is 11.9 Å². The summed E-state index contributed by atoms with van der Waals surface area (Å²) >= 11 is 0. The molecule has 0 saturated carbocycles. The fourth-order valence-electron chi connectivity index (χ4n) is 0.263. The third kappa shape index (κ3) is 4.76. The van der Waals surface area contributed by atoms with Crippen molar-refractivity contribution in [1.82, 2.24) is 5.32 Å². The molecule has 0 spiro atoms. The zero-order valence-electron chi connectivity index (χ0n) is 4.89. The fraction of sp³-hybridized carbons (Fsp3) is 0.500. The van der Waals surface area contributed by atoms with E-state index in [4.69, 9.17) is 5.11 Å². The van der Waals surface area contributed by atoms with Gasteiger partial charge in [-0.1, -0.05) is 0 Å². The molecule has 0 saturated heterocycles. The number of hydrogen-bond acceptors (Lipinski definition) is 2. The van der Waals surface area contributed by atoms with Crippen molar-refractivity contribution in [2.24, 2.45) is 0 Å². The van der Waals surface area contributed by atoms with Crippen LogP contribution in [0.25, 0.3) is 0 Å². The second kappa shape index (κ2) is 3.85. The first-order chi connectivity index (χ1) is 4.16. The lowest BCUT2D eigenvalue weighted by Gasteiger charge is -1.94. The Morgan fingerprint density at radius 1 is 1.56 bits per heavy atom. The molecule has 5 heteroatoms. The van der Waals surface area contributed by atoms with Crippen LogP contribution in [0.15, 0.2) is 0 Å². The van der Waals surface area contributed by atoms with Crippen LogP contribution in [0.2, 0.25) is 0 Å². The van der Waals surface area contributed by atoms with Crippen molar-refractivity contribution < 1.29 is 20.4 Å². The third-order valence-electron chi connectivity index (χ3n) is 0.664. The fourth-order valence-corrected chi connectivity index (χ4v) is 0.263. The monoisotopic (exact) mass is 133 g/mol. The van der Waals surface area contributed by atoms with Crippen molar-refractivity contribution in [3.05, 3.63) is 0 Å². The van der Waals surface area contributed by atoms with Crippen molar-refractivity contribution in [3.8, 4) is 0 Å². The molecule has 0 bridgehead atoms. The van der Waals surface area contributed by atoms with Crippen LogP contribution in [0.4, 0.5) is 0 Å². The standard InChI is InChI=1S/C4H8N2O3/c5-1-3(7)6-2-4(8)9/h1-2,5H2,(H,6,7)(H,8,9)/p+1. The molecule has 0 aromatic carbocycles. The molecule has 5 nitrogen and oxygen atoms in total. The third-order valence-corrected chi connectivity index (χ3v) is 0.664. The summed E-state index contributed by atoms with van der Waals surface area (Å²) < 4.78 is 0. The van der Waals surface area contributed by atoms with E-state index in [0.29, 0.717) is 0 Å². The summed E-state index contributed by atoms with van der Waals surface area (Å²) in [4.78, 5) is 20.1. The van der Waals surface area contributed by atoms with Crippen LogP contribution in [-0.2, 0) is 9.59 Å². The molecule has 0 aromatic rings. The lowest BCUT2D eigenvalue weighted by molar-refractivity contribution is -0.355. The Morgan fingerprint density at radius 2 is 2.11 bits per heavy atom. The number of carboxylic acid groups (broad SMARTS) is 1. The zero-order valence-corrected chi connectivity index (χ0v) is 4.89. The number of carbonyl (C=O) groups excluding carboxylic acids is 1. The SMILES string of the molecule is [NH3+]CC(=O)NCC(=O)O. The van der Waals surface area contributed by atoms with Crippen LogP contribution >= 0.6 is 0 Å². The molecule has 0 aliphatic heterocycles. The van der Waals surface area contributed by atoms with Crippen LogP contribution in [0.5, 0.6) is 0 Å². The van der Waals surface area contributed by atoms with E-state index in [1.165, 1.54) is 0 Å². The van der Waals surface area contributed by atoms with Crippen molar-refractivity contribution in [1.29, 1.82) is 0 Å². The van der Waals surface area contributed by atoms with E-state index in [-0.39, 0.29) is 19.0 Å². The summed E-state index contributed by atoms with van der Waals surface area (Å²) in [6.07, 6.45) is 0. The van der Waals surface area contributed by atoms with Gasteiger partial charge < -0.3 is 16.2 Å². The summed E-state index contributed by atoms with van der Waals surface area (Å²) in [5, 5.41) is 10.2. The van der Waals surface area contributed by atoms with Crippen LogP contribution in [0.3, 0.4) is 0 Å². The van der Waals surface area contributed by atoms with Crippen molar-refractivity contribution in [2.75, 3.05) is 13.1 Å². The van der Waals surface area contributed by atoms with Gasteiger partial charge in [0.05, 0.1) is 0 Å². The number of amides is 1. The maximum absolute atomic E-state index is 10.3. The summed E-state index contributed by atoms with van der Waals surface area (Å²) in [5.74, 6) is -1.39. The lowest BCUT2D eigenvalue weighted by atomic mass is 10.5.